The number of carboxylic acids is 1. The normalized spacial score (nSPS) is 26.5. The lowest BCUT2D eigenvalue weighted by atomic mass is 10.1. The van der Waals surface area contributed by atoms with Crippen LogP contribution in [0, 0.1) is 17.3 Å². The summed E-state index contributed by atoms with van der Waals surface area (Å²) in [5.74, 6) is -1.67. The molecule has 0 aromatic heterocycles. The maximum atomic E-state index is 11.6. The van der Waals surface area contributed by atoms with Gasteiger partial charge in [-0.1, -0.05) is 19.9 Å². The molecule has 4 nitrogen and oxygen atoms in total. The third-order valence-electron chi connectivity index (χ3n) is 3.20. The predicted molar refractivity (Wildman–Crippen MR) is 66.6 cm³/mol. The summed E-state index contributed by atoms with van der Waals surface area (Å²) < 4.78 is 4.91. The van der Waals surface area contributed by atoms with Gasteiger partial charge in [0.1, 0.15) is 0 Å². The van der Waals surface area contributed by atoms with Crippen LogP contribution in [0.15, 0.2) is 11.0 Å². The number of carbonyl (C=O) groups excluding carboxylic acids is 1. The minimum Gasteiger partial charge on any atom is -0.481 e. The highest BCUT2D eigenvalue weighted by Gasteiger charge is 2.61. The van der Waals surface area contributed by atoms with Gasteiger partial charge in [-0.25, -0.2) is 4.79 Å². The number of carbonyl (C=O) groups is 2. The van der Waals surface area contributed by atoms with E-state index in [0.717, 1.165) is 0 Å². The number of allylic oxidation sites excluding steroid dienone is 1. The van der Waals surface area contributed by atoms with Gasteiger partial charge in [0.2, 0.25) is 0 Å². The molecule has 0 saturated heterocycles. The van der Waals surface area contributed by atoms with E-state index in [1.54, 1.807) is 19.3 Å². The summed E-state index contributed by atoms with van der Waals surface area (Å²) in [5, 5.41) is 9.03. The first-order valence-electron chi connectivity index (χ1n) is 5.52. The standard InChI is InChI=1S/C12H18O4S/c1-5-16-11(15)8(17-4)6-7-9(10(13)14)12(7,2)3/h6-7,9H,5H2,1-4H3,(H,13,14)/b8-6-. The summed E-state index contributed by atoms with van der Waals surface area (Å²) in [6.45, 7) is 5.87. The highest BCUT2D eigenvalue weighted by Crippen LogP contribution is 2.59. The Morgan fingerprint density at radius 2 is 2.06 bits per heavy atom. The van der Waals surface area contributed by atoms with Gasteiger partial charge in [-0.3, -0.25) is 4.79 Å². The first-order valence-corrected chi connectivity index (χ1v) is 6.74. The fourth-order valence-corrected chi connectivity index (χ4v) is 2.55. The summed E-state index contributed by atoms with van der Waals surface area (Å²) in [7, 11) is 0. The van der Waals surface area contributed by atoms with Crippen LogP contribution in [-0.2, 0) is 14.3 Å². The number of esters is 1. The molecule has 1 fully saturated rings. The van der Waals surface area contributed by atoms with Gasteiger partial charge in [0, 0.05) is 0 Å². The van der Waals surface area contributed by atoms with Crippen molar-refractivity contribution in [2.75, 3.05) is 12.9 Å². The quantitative estimate of drug-likeness (QED) is 0.604. The lowest BCUT2D eigenvalue weighted by molar-refractivity contribution is -0.140. The second kappa shape index (κ2) is 5.12. The molecule has 0 aromatic rings. The van der Waals surface area contributed by atoms with Crippen LogP contribution in [-0.4, -0.2) is 29.9 Å². The molecule has 0 heterocycles. The molecular weight excluding hydrogens is 240 g/mol. The second-order valence-corrected chi connectivity index (χ2v) is 5.47. The van der Waals surface area contributed by atoms with Crippen molar-refractivity contribution in [3.63, 3.8) is 0 Å². The Kier molecular flexibility index (Phi) is 4.25. The SMILES string of the molecule is CCOC(=O)/C(=C/C1C(C(=O)O)C1(C)C)SC. The van der Waals surface area contributed by atoms with Crippen LogP contribution in [0.2, 0.25) is 0 Å². The third-order valence-corrected chi connectivity index (χ3v) is 3.95. The van der Waals surface area contributed by atoms with Crippen LogP contribution in [0.1, 0.15) is 20.8 Å². The second-order valence-electron chi connectivity index (χ2n) is 4.62. The zero-order chi connectivity index (χ0) is 13.2. The van der Waals surface area contributed by atoms with E-state index in [-0.39, 0.29) is 17.3 Å². The maximum Gasteiger partial charge on any atom is 0.344 e. The Morgan fingerprint density at radius 1 is 1.47 bits per heavy atom. The molecule has 0 bridgehead atoms. The lowest BCUT2D eigenvalue weighted by Gasteiger charge is -2.04. The number of thioether (sulfide) groups is 1. The van der Waals surface area contributed by atoms with Crippen molar-refractivity contribution in [1.29, 1.82) is 0 Å². The summed E-state index contributed by atoms with van der Waals surface area (Å²) in [6, 6.07) is 0. The Balaban J connectivity index is 2.81. The molecule has 0 aromatic carbocycles. The van der Waals surface area contributed by atoms with Gasteiger partial charge < -0.3 is 9.84 Å². The summed E-state index contributed by atoms with van der Waals surface area (Å²) >= 11 is 1.29. The van der Waals surface area contributed by atoms with Gasteiger partial charge in [0.25, 0.3) is 0 Å². The number of rotatable bonds is 5. The molecule has 2 atom stereocenters. The first kappa shape index (κ1) is 14.1. The fraction of sp³-hybridized carbons (Fsp3) is 0.667. The average molecular weight is 258 g/mol. The van der Waals surface area contributed by atoms with Crippen LogP contribution in [0.5, 0.6) is 0 Å². The van der Waals surface area contributed by atoms with Crippen LogP contribution in [0.4, 0.5) is 0 Å². The largest absolute Gasteiger partial charge is 0.481 e. The van der Waals surface area contributed by atoms with Crippen LogP contribution in [0.3, 0.4) is 0 Å². The van der Waals surface area contributed by atoms with E-state index in [1.807, 2.05) is 13.8 Å². The van der Waals surface area contributed by atoms with Gasteiger partial charge >= 0.3 is 11.9 Å². The summed E-state index contributed by atoms with van der Waals surface area (Å²) in [4.78, 5) is 23.1. The number of carboxylic acid groups (broad SMARTS) is 1. The van der Waals surface area contributed by atoms with Gasteiger partial charge in [-0.2, -0.15) is 0 Å². The van der Waals surface area contributed by atoms with Crippen molar-refractivity contribution >= 4 is 23.7 Å². The highest BCUT2D eigenvalue weighted by atomic mass is 32.2. The lowest BCUT2D eigenvalue weighted by Crippen LogP contribution is -2.06. The van der Waals surface area contributed by atoms with E-state index in [4.69, 9.17) is 9.84 Å². The van der Waals surface area contributed by atoms with E-state index in [0.29, 0.717) is 11.5 Å². The van der Waals surface area contributed by atoms with Crippen LogP contribution in [0.25, 0.3) is 0 Å². The Hall–Kier alpha value is -0.970. The molecule has 0 radical (unpaired) electrons. The molecule has 1 rings (SSSR count). The van der Waals surface area contributed by atoms with E-state index in [1.165, 1.54) is 11.8 Å². The molecule has 1 saturated carbocycles. The van der Waals surface area contributed by atoms with Crippen molar-refractivity contribution in [3.05, 3.63) is 11.0 Å². The first-order chi connectivity index (χ1) is 7.86. The van der Waals surface area contributed by atoms with Crippen molar-refractivity contribution in [2.45, 2.75) is 20.8 Å². The van der Waals surface area contributed by atoms with E-state index >= 15 is 0 Å². The molecular formula is C12H18O4S. The number of aliphatic carboxylic acids is 1. The molecule has 1 aliphatic rings. The summed E-state index contributed by atoms with van der Waals surface area (Å²) in [6.07, 6.45) is 3.52. The fourth-order valence-electron chi connectivity index (χ4n) is 2.05. The molecule has 17 heavy (non-hydrogen) atoms. The smallest absolute Gasteiger partial charge is 0.344 e. The third kappa shape index (κ3) is 2.83. The number of hydrogen-bond donors (Lipinski definition) is 1. The Morgan fingerprint density at radius 3 is 2.41 bits per heavy atom. The van der Waals surface area contributed by atoms with Crippen molar-refractivity contribution in [2.24, 2.45) is 17.3 Å². The van der Waals surface area contributed by atoms with Gasteiger partial charge in [-0.05, 0) is 24.5 Å². The maximum absolute atomic E-state index is 11.6. The minimum atomic E-state index is -0.805. The average Bonchev–Trinajstić information content (AvgIpc) is 2.77. The van der Waals surface area contributed by atoms with Crippen LogP contribution < -0.4 is 0 Å². The predicted octanol–water partition coefficient (Wildman–Crippen LogP) is 2.15. The molecule has 1 N–H and O–H groups in total. The molecule has 0 spiro atoms. The van der Waals surface area contributed by atoms with Gasteiger partial charge in [0.15, 0.2) is 0 Å². The van der Waals surface area contributed by atoms with E-state index in [9.17, 15) is 9.59 Å². The van der Waals surface area contributed by atoms with E-state index in [2.05, 4.69) is 0 Å². The van der Waals surface area contributed by atoms with Crippen LogP contribution >= 0.6 is 11.8 Å². The Bertz CT molecular complexity index is 360. The zero-order valence-electron chi connectivity index (χ0n) is 10.5. The minimum absolute atomic E-state index is 0.0909. The molecule has 2 unspecified atom stereocenters. The molecule has 5 heteroatoms. The molecule has 1 aliphatic carbocycles. The Labute approximate surface area is 105 Å². The van der Waals surface area contributed by atoms with Gasteiger partial charge in [-0.15, -0.1) is 11.8 Å². The molecule has 0 amide bonds. The topological polar surface area (TPSA) is 63.6 Å². The number of hydrogen-bond acceptors (Lipinski definition) is 4. The highest BCUT2D eigenvalue weighted by molar-refractivity contribution is 8.03. The summed E-state index contributed by atoms with van der Waals surface area (Å²) in [5.41, 5.74) is -0.278. The number of ether oxygens (including phenoxy) is 1. The van der Waals surface area contributed by atoms with Crippen molar-refractivity contribution in [3.8, 4) is 0 Å². The monoisotopic (exact) mass is 258 g/mol. The van der Waals surface area contributed by atoms with Crippen molar-refractivity contribution in [1.82, 2.24) is 0 Å². The molecule has 96 valence electrons. The molecule has 0 aliphatic heterocycles. The van der Waals surface area contributed by atoms with E-state index < -0.39 is 11.9 Å². The zero-order valence-corrected chi connectivity index (χ0v) is 11.3. The van der Waals surface area contributed by atoms with Crippen molar-refractivity contribution < 1.29 is 19.4 Å². The van der Waals surface area contributed by atoms with Gasteiger partial charge in [0.05, 0.1) is 17.4 Å².